The lowest BCUT2D eigenvalue weighted by molar-refractivity contribution is 0.100. The fourth-order valence-electron chi connectivity index (χ4n) is 2.40. The number of anilines is 2. The van der Waals surface area contributed by atoms with Crippen LogP contribution in [0.3, 0.4) is 0 Å². The molecule has 3 aromatic rings. The lowest BCUT2D eigenvalue weighted by atomic mass is 10.2. The second-order valence-corrected chi connectivity index (χ2v) is 5.02. The number of aromatic nitrogens is 2. The molecule has 0 atom stereocenters. The number of amides is 1. The highest BCUT2D eigenvalue weighted by molar-refractivity contribution is 5.93. The molecule has 1 aromatic heterocycles. The molecule has 24 heavy (non-hydrogen) atoms. The van der Waals surface area contributed by atoms with Gasteiger partial charge in [-0.15, -0.1) is 0 Å². The van der Waals surface area contributed by atoms with Crippen LogP contribution in [0, 0.1) is 0 Å². The van der Waals surface area contributed by atoms with E-state index in [2.05, 4.69) is 27.1 Å². The van der Waals surface area contributed by atoms with Crippen LogP contribution in [0.4, 0.5) is 11.5 Å². The molecule has 0 saturated heterocycles. The number of nitrogens with zero attached hydrogens (tertiary/aromatic N) is 4. The summed E-state index contributed by atoms with van der Waals surface area (Å²) in [5, 5.41) is 7.23. The molecule has 0 fully saturated rings. The van der Waals surface area contributed by atoms with Crippen molar-refractivity contribution in [2.24, 2.45) is 15.8 Å². The lowest BCUT2D eigenvalue weighted by Crippen LogP contribution is -2.23. The Bertz CT molecular complexity index is 988. The first-order valence-electron chi connectivity index (χ1n) is 7.22. The Labute approximate surface area is 138 Å². The summed E-state index contributed by atoms with van der Waals surface area (Å²) in [6.07, 6.45) is 0. The van der Waals surface area contributed by atoms with Gasteiger partial charge in [0.1, 0.15) is 0 Å². The third kappa shape index (κ3) is 2.74. The summed E-state index contributed by atoms with van der Waals surface area (Å²) in [4.78, 5) is 20.0. The Morgan fingerprint density at radius 1 is 1.21 bits per heavy atom. The molecule has 0 unspecified atom stereocenters. The predicted molar refractivity (Wildman–Crippen MR) is 94.4 cm³/mol. The molecular weight excluding hydrogens is 304 g/mol. The normalized spacial score (nSPS) is 11.5. The van der Waals surface area contributed by atoms with Crippen molar-refractivity contribution in [3.63, 3.8) is 0 Å². The van der Waals surface area contributed by atoms with Crippen molar-refractivity contribution in [2.45, 2.75) is 0 Å². The lowest BCUT2D eigenvalue weighted by Gasteiger charge is -2.11. The summed E-state index contributed by atoms with van der Waals surface area (Å²) in [7, 11) is 1.66. The van der Waals surface area contributed by atoms with E-state index < -0.39 is 5.91 Å². The Morgan fingerprint density at radius 2 is 1.92 bits per heavy atom. The third-order valence-electron chi connectivity index (χ3n) is 3.54. The van der Waals surface area contributed by atoms with Gasteiger partial charge in [-0.3, -0.25) is 9.79 Å². The highest BCUT2D eigenvalue weighted by atomic mass is 16.1. The smallest absolute Gasteiger partial charge is 0.248 e. The van der Waals surface area contributed by atoms with Gasteiger partial charge in [0.05, 0.1) is 11.0 Å². The first-order chi connectivity index (χ1) is 11.6. The summed E-state index contributed by atoms with van der Waals surface area (Å²) < 4.78 is 1.63. The maximum Gasteiger partial charge on any atom is 0.248 e. The SMILES string of the molecule is C=Nn1c(=NC)c(Nc2ccc(C(N)=O)cc2)nc2ccccc21. The number of nitrogens with two attached hydrogens (primary N) is 1. The molecule has 0 bridgehead atoms. The van der Waals surface area contributed by atoms with E-state index in [0.717, 1.165) is 16.7 Å². The molecule has 0 aliphatic rings. The van der Waals surface area contributed by atoms with Crippen LogP contribution in [0.1, 0.15) is 10.4 Å². The van der Waals surface area contributed by atoms with Gasteiger partial charge in [0.2, 0.25) is 5.91 Å². The van der Waals surface area contributed by atoms with Gasteiger partial charge in [0.15, 0.2) is 11.3 Å². The molecule has 7 heteroatoms. The first-order valence-corrected chi connectivity index (χ1v) is 7.22. The molecule has 0 aliphatic carbocycles. The summed E-state index contributed by atoms with van der Waals surface area (Å²) in [6, 6.07) is 14.4. The van der Waals surface area contributed by atoms with Crippen LogP contribution in [0.5, 0.6) is 0 Å². The third-order valence-corrected chi connectivity index (χ3v) is 3.54. The molecule has 0 spiro atoms. The number of primary amides is 1. The fraction of sp³-hybridized carbons (Fsp3) is 0.0588. The molecule has 0 radical (unpaired) electrons. The number of fused-ring (bicyclic) bond motifs is 1. The number of benzene rings is 2. The summed E-state index contributed by atoms with van der Waals surface area (Å²) >= 11 is 0. The van der Waals surface area contributed by atoms with Crippen molar-refractivity contribution in [3.8, 4) is 0 Å². The molecule has 2 aromatic carbocycles. The number of rotatable bonds is 4. The monoisotopic (exact) mass is 320 g/mol. The standard InChI is InChI=1S/C17H16N6O/c1-19-17-16(21-12-9-7-11(8-10-12)15(18)24)22-13-5-3-4-6-14(13)23(17)20-2/h3-10H,2H2,1H3,(H2,18,24)(H,21,22). The van der Waals surface area contributed by atoms with Gasteiger partial charge >= 0.3 is 0 Å². The average Bonchev–Trinajstić information content (AvgIpc) is 2.61. The second kappa shape index (κ2) is 6.33. The van der Waals surface area contributed by atoms with E-state index in [4.69, 9.17) is 5.73 Å². The van der Waals surface area contributed by atoms with Gasteiger partial charge in [-0.1, -0.05) is 12.1 Å². The van der Waals surface area contributed by atoms with E-state index in [1.165, 1.54) is 0 Å². The molecule has 3 rings (SSSR count). The van der Waals surface area contributed by atoms with Crippen LogP contribution in [0.25, 0.3) is 11.0 Å². The molecule has 1 amide bonds. The van der Waals surface area contributed by atoms with Crippen molar-refractivity contribution in [2.75, 3.05) is 12.4 Å². The minimum Gasteiger partial charge on any atom is -0.366 e. The van der Waals surface area contributed by atoms with E-state index in [1.807, 2.05) is 24.3 Å². The first kappa shape index (κ1) is 15.4. The van der Waals surface area contributed by atoms with Crippen molar-refractivity contribution in [1.82, 2.24) is 9.66 Å². The summed E-state index contributed by atoms with van der Waals surface area (Å²) in [6.45, 7) is 3.61. The molecule has 120 valence electrons. The number of hydrogen-bond acceptors (Lipinski definition) is 5. The highest BCUT2D eigenvalue weighted by Crippen LogP contribution is 2.16. The van der Waals surface area contributed by atoms with Crippen LogP contribution in [0.2, 0.25) is 0 Å². The Kier molecular flexibility index (Phi) is 4.07. The van der Waals surface area contributed by atoms with Gasteiger partial charge in [-0.05, 0) is 36.4 Å². The minimum absolute atomic E-state index is 0.440. The van der Waals surface area contributed by atoms with E-state index >= 15 is 0 Å². The quantitative estimate of drug-likeness (QED) is 0.718. The number of hydrogen-bond donors (Lipinski definition) is 2. The van der Waals surface area contributed by atoms with Crippen LogP contribution in [-0.2, 0) is 0 Å². The number of para-hydroxylation sites is 2. The van der Waals surface area contributed by atoms with Gasteiger partial charge in [0, 0.05) is 25.0 Å². The fourth-order valence-corrected chi connectivity index (χ4v) is 2.40. The molecule has 0 aliphatic heterocycles. The van der Waals surface area contributed by atoms with E-state index in [0.29, 0.717) is 16.9 Å². The summed E-state index contributed by atoms with van der Waals surface area (Å²) in [5.74, 6) is 0.0683. The van der Waals surface area contributed by atoms with Crippen molar-refractivity contribution in [3.05, 3.63) is 59.6 Å². The maximum atomic E-state index is 11.2. The topological polar surface area (TPSA) is 97.7 Å². The van der Waals surface area contributed by atoms with Crippen LogP contribution < -0.4 is 16.5 Å². The van der Waals surface area contributed by atoms with E-state index in [9.17, 15) is 4.79 Å². The zero-order chi connectivity index (χ0) is 17.1. The zero-order valence-electron chi connectivity index (χ0n) is 13.1. The van der Waals surface area contributed by atoms with Crippen LogP contribution >= 0.6 is 0 Å². The van der Waals surface area contributed by atoms with Crippen LogP contribution in [0.15, 0.2) is 58.6 Å². The van der Waals surface area contributed by atoms with E-state index in [-0.39, 0.29) is 0 Å². The minimum atomic E-state index is -0.469. The van der Waals surface area contributed by atoms with Gasteiger partial charge in [-0.2, -0.15) is 5.10 Å². The Hall–Kier alpha value is -3.48. The molecule has 7 nitrogen and oxygen atoms in total. The maximum absolute atomic E-state index is 11.2. The Balaban J connectivity index is 2.12. The number of carbonyl (C=O) groups excluding carboxylic acids is 1. The molecular formula is C17H16N6O. The highest BCUT2D eigenvalue weighted by Gasteiger charge is 2.09. The van der Waals surface area contributed by atoms with Crippen molar-refractivity contribution < 1.29 is 4.79 Å². The molecule has 1 heterocycles. The van der Waals surface area contributed by atoms with Gasteiger partial charge in [-0.25, -0.2) is 9.66 Å². The molecule has 0 saturated carbocycles. The average molecular weight is 320 g/mol. The van der Waals surface area contributed by atoms with Crippen molar-refractivity contribution >= 4 is 35.2 Å². The van der Waals surface area contributed by atoms with E-state index in [1.54, 1.807) is 36.0 Å². The predicted octanol–water partition coefficient (Wildman–Crippen LogP) is 1.87. The Morgan fingerprint density at radius 3 is 2.54 bits per heavy atom. The zero-order valence-corrected chi connectivity index (χ0v) is 13.1. The number of nitrogens with one attached hydrogen (secondary N) is 1. The van der Waals surface area contributed by atoms with Crippen molar-refractivity contribution in [1.29, 1.82) is 0 Å². The largest absolute Gasteiger partial charge is 0.366 e. The number of carbonyl (C=O) groups is 1. The summed E-state index contributed by atoms with van der Waals surface area (Å²) in [5.41, 5.74) is 8.56. The molecule has 3 N–H and O–H groups in total. The second-order valence-electron chi connectivity index (χ2n) is 5.02. The van der Waals surface area contributed by atoms with Crippen LogP contribution in [-0.4, -0.2) is 29.3 Å². The van der Waals surface area contributed by atoms with Gasteiger partial charge < -0.3 is 11.1 Å². The van der Waals surface area contributed by atoms with Gasteiger partial charge in [0.25, 0.3) is 0 Å².